The number of rotatable bonds is 5. The maximum Gasteiger partial charge on any atom is 0.227 e. The van der Waals surface area contributed by atoms with Gasteiger partial charge >= 0.3 is 0 Å². The molecule has 0 unspecified atom stereocenters. The maximum atomic E-state index is 12.7. The van der Waals surface area contributed by atoms with Crippen molar-refractivity contribution in [1.82, 2.24) is 9.80 Å². The number of nitrogens with zero attached hydrogens (tertiary/aromatic N) is 2. The van der Waals surface area contributed by atoms with Crippen LogP contribution in [0.15, 0.2) is 48.5 Å². The van der Waals surface area contributed by atoms with E-state index in [0.29, 0.717) is 11.4 Å². The Morgan fingerprint density at radius 3 is 2.62 bits per heavy atom. The van der Waals surface area contributed by atoms with Crippen molar-refractivity contribution in [3.63, 3.8) is 0 Å². The van der Waals surface area contributed by atoms with Crippen molar-refractivity contribution in [3.8, 4) is 5.75 Å². The monoisotopic (exact) mass is 372 g/mol. The average Bonchev–Trinajstić information content (AvgIpc) is 2.64. The summed E-state index contributed by atoms with van der Waals surface area (Å²) < 4.78 is 5.30. The van der Waals surface area contributed by atoms with E-state index >= 15 is 0 Å². The summed E-state index contributed by atoms with van der Waals surface area (Å²) in [7, 11) is 1.69. The molecular formula is C21H25ClN2O2. The Labute approximate surface area is 160 Å². The molecule has 1 heterocycles. The first-order valence-electron chi connectivity index (χ1n) is 8.94. The molecule has 2 aromatic rings. The summed E-state index contributed by atoms with van der Waals surface area (Å²) in [4.78, 5) is 17.1. The van der Waals surface area contributed by atoms with Gasteiger partial charge in [-0.2, -0.15) is 0 Å². The number of carbonyl (C=O) groups excluding carboxylic acids is 1. The summed E-state index contributed by atoms with van der Waals surface area (Å²) in [5.41, 5.74) is 2.24. The zero-order valence-electron chi connectivity index (χ0n) is 15.3. The van der Waals surface area contributed by atoms with Crippen molar-refractivity contribution < 1.29 is 9.53 Å². The number of ether oxygens (including phenoxy) is 1. The minimum Gasteiger partial charge on any atom is -0.497 e. The van der Waals surface area contributed by atoms with Gasteiger partial charge in [-0.05, 0) is 42.3 Å². The molecule has 0 spiro atoms. The van der Waals surface area contributed by atoms with E-state index in [9.17, 15) is 4.79 Å². The fraction of sp³-hybridized carbons (Fsp3) is 0.381. The fourth-order valence-electron chi connectivity index (χ4n) is 3.45. The summed E-state index contributed by atoms with van der Waals surface area (Å²) in [5, 5.41) is 0.695. The Kier molecular flexibility index (Phi) is 6.17. The summed E-state index contributed by atoms with van der Waals surface area (Å²) in [6.07, 6.45) is 0.428. The van der Waals surface area contributed by atoms with E-state index in [1.54, 1.807) is 7.11 Å². The molecule has 1 saturated heterocycles. The Morgan fingerprint density at radius 2 is 1.92 bits per heavy atom. The molecule has 0 N–H and O–H groups in total. The van der Waals surface area contributed by atoms with Crippen LogP contribution in [-0.2, 0) is 17.8 Å². The zero-order chi connectivity index (χ0) is 18.5. The van der Waals surface area contributed by atoms with E-state index < -0.39 is 0 Å². The van der Waals surface area contributed by atoms with Gasteiger partial charge in [0.2, 0.25) is 5.91 Å². The standard InChI is InChI=1S/C21H25ClN2O2/c1-16-14-23(15-18-4-3-5-20(12-18)26-2)10-11-24(16)21(25)13-17-6-8-19(22)9-7-17/h3-9,12,16H,10-11,13-15H2,1-2H3/t16-/m0/s1. The molecule has 4 nitrogen and oxygen atoms in total. The van der Waals surface area contributed by atoms with Gasteiger partial charge in [0.25, 0.3) is 0 Å². The first-order chi connectivity index (χ1) is 12.5. The second-order valence-electron chi connectivity index (χ2n) is 6.83. The molecule has 26 heavy (non-hydrogen) atoms. The van der Waals surface area contributed by atoms with Crippen LogP contribution in [0.1, 0.15) is 18.1 Å². The molecule has 0 saturated carbocycles. The number of amides is 1. The van der Waals surface area contributed by atoms with Gasteiger partial charge < -0.3 is 9.64 Å². The van der Waals surface area contributed by atoms with Crippen LogP contribution in [0, 0.1) is 0 Å². The van der Waals surface area contributed by atoms with E-state index in [0.717, 1.165) is 37.5 Å². The second-order valence-corrected chi connectivity index (χ2v) is 7.26. The third kappa shape index (κ3) is 4.77. The second kappa shape index (κ2) is 8.56. The van der Waals surface area contributed by atoms with E-state index in [1.165, 1.54) is 5.56 Å². The highest BCUT2D eigenvalue weighted by Crippen LogP contribution is 2.18. The molecule has 0 aromatic heterocycles. The normalized spacial score (nSPS) is 18.0. The third-order valence-corrected chi connectivity index (χ3v) is 5.09. The first kappa shape index (κ1) is 18.7. The molecule has 5 heteroatoms. The van der Waals surface area contributed by atoms with Crippen molar-refractivity contribution in [1.29, 1.82) is 0 Å². The largest absolute Gasteiger partial charge is 0.497 e. The van der Waals surface area contributed by atoms with Crippen molar-refractivity contribution in [2.45, 2.75) is 25.9 Å². The van der Waals surface area contributed by atoms with Crippen molar-refractivity contribution in [3.05, 3.63) is 64.7 Å². The van der Waals surface area contributed by atoms with Gasteiger partial charge in [-0.25, -0.2) is 0 Å². The highest BCUT2D eigenvalue weighted by molar-refractivity contribution is 6.30. The lowest BCUT2D eigenvalue weighted by Crippen LogP contribution is -2.54. The van der Waals surface area contributed by atoms with Crippen LogP contribution in [0.3, 0.4) is 0 Å². The minimum atomic E-state index is 0.181. The summed E-state index contributed by atoms with van der Waals surface area (Å²) in [5.74, 6) is 1.06. The van der Waals surface area contributed by atoms with E-state index in [-0.39, 0.29) is 11.9 Å². The number of halogens is 1. The topological polar surface area (TPSA) is 32.8 Å². The van der Waals surface area contributed by atoms with Crippen LogP contribution in [0.25, 0.3) is 0 Å². The number of hydrogen-bond acceptors (Lipinski definition) is 3. The zero-order valence-corrected chi connectivity index (χ0v) is 16.1. The molecule has 3 rings (SSSR count). The average molecular weight is 373 g/mol. The highest BCUT2D eigenvalue weighted by atomic mass is 35.5. The fourth-order valence-corrected chi connectivity index (χ4v) is 3.58. The quantitative estimate of drug-likeness (QED) is 0.803. The van der Waals surface area contributed by atoms with Crippen molar-refractivity contribution >= 4 is 17.5 Å². The van der Waals surface area contributed by atoms with Crippen LogP contribution >= 0.6 is 11.6 Å². The molecule has 0 radical (unpaired) electrons. The van der Waals surface area contributed by atoms with Gasteiger partial charge in [0.15, 0.2) is 0 Å². The molecule has 1 amide bonds. The van der Waals surface area contributed by atoms with Gasteiger partial charge in [0.1, 0.15) is 5.75 Å². The lowest BCUT2D eigenvalue weighted by Gasteiger charge is -2.40. The summed E-state index contributed by atoms with van der Waals surface area (Å²) in [6.45, 7) is 5.52. The number of hydrogen-bond donors (Lipinski definition) is 0. The Hall–Kier alpha value is -2.04. The Bertz CT molecular complexity index is 748. The number of carbonyl (C=O) groups is 1. The summed E-state index contributed by atoms with van der Waals surface area (Å²) in [6, 6.07) is 15.9. The molecular weight excluding hydrogens is 348 g/mol. The van der Waals surface area contributed by atoms with Gasteiger partial charge in [0, 0.05) is 37.2 Å². The Balaban J connectivity index is 1.55. The molecule has 1 fully saturated rings. The van der Waals surface area contributed by atoms with Gasteiger partial charge in [-0.1, -0.05) is 35.9 Å². The van der Waals surface area contributed by atoms with Crippen LogP contribution < -0.4 is 4.74 Å². The van der Waals surface area contributed by atoms with Crippen LogP contribution in [-0.4, -0.2) is 48.5 Å². The predicted octanol–water partition coefficient (Wildman–Crippen LogP) is 3.62. The van der Waals surface area contributed by atoms with Gasteiger partial charge in [0.05, 0.1) is 13.5 Å². The van der Waals surface area contributed by atoms with Crippen LogP contribution in [0.5, 0.6) is 5.75 Å². The molecule has 2 aromatic carbocycles. The minimum absolute atomic E-state index is 0.181. The van der Waals surface area contributed by atoms with Gasteiger partial charge in [-0.15, -0.1) is 0 Å². The molecule has 1 atom stereocenters. The first-order valence-corrected chi connectivity index (χ1v) is 9.32. The predicted molar refractivity (Wildman–Crippen MR) is 105 cm³/mol. The van der Waals surface area contributed by atoms with E-state index in [1.807, 2.05) is 41.3 Å². The SMILES string of the molecule is COc1cccc(CN2CCN(C(=O)Cc3ccc(Cl)cc3)[C@@H](C)C2)c1. The van der Waals surface area contributed by atoms with E-state index in [2.05, 4.69) is 24.0 Å². The maximum absolute atomic E-state index is 12.7. The summed E-state index contributed by atoms with van der Waals surface area (Å²) >= 11 is 5.91. The molecule has 1 aliphatic heterocycles. The van der Waals surface area contributed by atoms with Crippen molar-refractivity contribution in [2.75, 3.05) is 26.7 Å². The molecule has 0 bridgehead atoms. The van der Waals surface area contributed by atoms with Crippen molar-refractivity contribution in [2.24, 2.45) is 0 Å². The number of piperazine rings is 1. The van der Waals surface area contributed by atoms with Crippen LogP contribution in [0.2, 0.25) is 5.02 Å². The number of benzene rings is 2. The molecule has 0 aliphatic carbocycles. The van der Waals surface area contributed by atoms with Gasteiger partial charge in [-0.3, -0.25) is 9.69 Å². The number of methoxy groups -OCH3 is 1. The molecule has 1 aliphatic rings. The van der Waals surface area contributed by atoms with E-state index in [4.69, 9.17) is 16.3 Å². The van der Waals surface area contributed by atoms with Crippen LogP contribution in [0.4, 0.5) is 0 Å². The smallest absolute Gasteiger partial charge is 0.227 e. The molecule has 138 valence electrons. The lowest BCUT2D eigenvalue weighted by atomic mass is 10.1. The highest BCUT2D eigenvalue weighted by Gasteiger charge is 2.27. The third-order valence-electron chi connectivity index (χ3n) is 4.84. The lowest BCUT2D eigenvalue weighted by molar-refractivity contribution is -0.135. The Morgan fingerprint density at radius 1 is 1.15 bits per heavy atom.